The normalized spacial score (nSPS) is 11.5. The number of rotatable bonds is 3. The highest BCUT2D eigenvalue weighted by Gasteiger charge is 2.06. The van der Waals surface area contributed by atoms with Crippen LogP contribution in [0.5, 0.6) is 0 Å². The molecule has 0 aliphatic rings. The smallest absolute Gasteiger partial charge is 0.236 e. The summed E-state index contributed by atoms with van der Waals surface area (Å²) in [6.45, 7) is 4.64. The van der Waals surface area contributed by atoms with Crippen LogP contribution in [-0.4, -0.2) is 25.5 Å². The predicted octanol–water partition coefficient (Wildman–Crippen LogP) is 0.366. The zero-order valence-electron chi connectivity index (χ0n) is 6.19. The first-order chi connectivity index (χ1) is 4.22. The lowest BCUT2D eigenvalue weighted by Crippen LogP contribution is -2.40. The van der Waals surface area contributed by atoms with E-state index in [0.717, 1.165) is 6.54 Å². The third-order valence-electron chi connectivity index (χ3n) is 1.15. The van der Waals surface area contributed by atoms with Crippen molar-refractivity contribution in [1.82, 2.24) is 10.6 Å². The van der Waals surface area contributed by atoms with E-state index in [1.54, 1.807) is 7.05 Å². The molecular weight excluding hydrogens is 128 g/mol. The summed E-state index contributed by atoms with van der Waals surface area (Å²) in [6, 6.07) is -0.0694. The van der Waals surface area contributed by atoms with Gasteiger partial charge in [-0.15, -0.1) is 0 Å². The molecule has 0 saturated heterocycles. The first-order valence-corrected chi connectivity index (χ1v) is 3.17. The molecule has 3 heteroatoms. The number of hydrogen-bond donors (Lipinski definition) is 2. The molecule has 0 aromatic carbocycles. The SMILES string of the molecule is C.CCNC(C)C(=O)NC. The minimum absolute atomic E-state index is 0. The topological polar surface area (TPSA) is 41.1 Å². The van der Waals surface area contributed by atoms with E-state index >= 15 is 0 Å². The van der Waals surface area contributed by atoms with Crippen molar-refractivity contribution in [2.75, 3.05) is 13.6 Å². The number of nitrogens with one attached hydrogen (secondary N) is 2. The molecule has 0 aromatic heterocycles. The van der Waals surface area contributed by atoms with Gasteiger partial charge in [-0.1, -0.05) is 14.4 Å². The minimum atomic E-state index is -0.0694. The Hall–Kier alpha value is -0.570. The minimum Gasteiger partial charge on any atom is -0.358 e. The Labute approximate surface area is 63.2 Å². The van der Waals surface area contributed by atoms with Gasteiger partial charge in [0, 0.05) is 7.05 Å². The highest BCUT2D eigenvalue weighted by Crippen LogP contribution is 1.77. The predicted molar refractivity (Wildman–Crippen MR) is 43.9 cm³/mol. The fourth-order valence-corrected chi connectivity index (χ4v) is 0.615. The van der Waals surface area contributed by atoms with Crippen LogP contribution in [0.4, 0.5) is 0 Å². The molecule has 0 aliphatic heterocycles. The molecule has 3 nitrogen and oxygen atoms in total. The van der Waals surface area contributed by atoms with E-state index in [9.17, 15) is 4.79 Å². The Balaban J connectivity index is 0. The van der Waals surface area contributed by atoms with Crippen molar-refractivity contribution in [3.05, 3.63) is 0 Å². The Morgan fingerprint density at radius 1 is 1.60 bits per heavy atom. The molecular formula is C7H18N2O. The average Bonchev–Trinajstić information content (AvgIpc) is 1.87. The van der Waals surface area contributed by atoms with Crippen molar-refractivity contribution in [3.63, 3.8) is 0 Å². The number of likely N-dealkylation sites (N-methyl/N-ethyl adjacent to an activating group) is 2. The summed E-state index contributed by atoms with van der Waals surface area (Å²) in [7, 11) is 1.64. The lowest BCUT2D eigenvalue weighted by molar-refractivity contribution is -0.122. The summed E-state index contributed by atoms with van der Waals surface area (Å²) in [5, 5.41) is 5.53. The van der Waals surface area contributed by atoms with E-state index in [4.69, 9.17) is 0 Å². The monoisotopic (exact) mass is 146 g/mol. The molecule has 0 aliphatic carbocycles. The van der Waals surface area contributed by atoms with Gasteiger partial charge in [-0.2, -0.15) is 0 Å². The van der Waals surface area contributed by atoms with Gasteiger partial charge in [0.05, 0.1) is 6.04 Å². The second-order valence-corrected chi connectivity index (χ2v) is 1.89. The molecule has 10 heavy (non-hydrogen) atoms. The molecule has 0 bridgehead atoms. The van der Waals surface area contributed by atoms with Gasteiger partial charge in [0.1, 0.15) is 0 Å². The Morgan fingerprint density at radius 2 is 2.10 bits per heavy atom. The van der Waals surface area contributed by atoms with Gasteiger partial charge in [0.2, 0.25) is 5.91 Å². The van der Waals surface area contributed by atoms with Crippen LogP contribution in [-0.2, 0) is 4.79 Å². The van der Waals surface area contributed by atoms with Crippen LogP contribution < -0.4 is 10.6 Å². The summed E-state index contributed by atoms with van der Waals surface area (Å²) >= 11 is 0. The molecule has 2 N–H and O–H groups in total. The van der Waals surface area contributed by atoms with E-state index in [1.165, 1.54) is 0 Å². The molecule has 0 fully saturated rings. The number of hydrogen-bond acceptors (Lipinski definition) is 2. The maximum atomic E-state index is 10.7. The average molecular weight is 146 g/mol. The molecule has 0 rings (SSSR count). The molecule has 0 spiro atoms. The van der Waals surface area contributed by atoms with Gasteiger partial charge in [-0.05, 0) is 13.5 Å². The number of carbonyl (C=O) groups excluding carboxylic acids is 1. The summed E-state index contributed by atoms with van der Waals surface area (Å²) in [4.78, 5) is 10.7. The molecule has 0 aromatic rings. The van der Waals surface area contributed by atoms with Crippen molar-refractivity contribution >= 4 is 5.91 Å². The molecule has 0 saturated carbocycles. The van der Waals surface area contributed by atoms with E-state index in [1.807, 2.05) is 13.8 Å². The van der Waals surface area contributed by atoms with Crippen molar-refractivity contribution in [1.29, 1.82) is 0 Å². The van der Waals surface area contributed by atoms with Crippen LogP contribution in [0.3, 0.4) is 0 Å². The van der Waals surface area contributed by atoms with Crippen LogP contribution in [0, 0.1) is 0 Å². The van der Waals surface area contributed by atoms with E-state index in [2.05, 4.69) is 10.6 Å². The van der Waals surface area contributed by atoms with E-state index in [-0.39, 0.29) is 19.4 Å². The lowest BCUT2D eigenvalue weighted by Gasteiger charge is -2.08. The van der Waals surface area contributed by atoms with Crippen LogP contribution in [0.2, 0.25) is 0 Å². The standard InChI is InChI=1S/C6H14N2O.CH4/c1-4-8-5(2)6(9)7-3;/h5,8H,4H2,1-3H3,(H,7,9);1H4. The zero-order valence-corrected chi connectivity index (χ0v) is 6.19. The maximum absolute atomic E-state index is 10.7. The molecule has 1 unspecified atom stereocenters. The molecule has 1 atom stereocenters. The summed E-state index contributed by atoms with van der Waals surface area (Å²) in [5.41, 5.74) is 0. The van der Waals surface area contributed by atoms with Gasteiger partial charge >= 0.3 is 0 Å². The van der Waals surface area contributed by atoms with Crippen molar-refractivity contribution in [3.8, 4) is 0 Å². The largest absolute Gasteiger partial charge is 0.358 e. The lowest BCUT2D eigenvalue weighted by atomic mass is 10.3. The van der Waals surface area contributed by atoms with Crippen LogP contribution in [0.1, 0.15) is 21.3 Å². The summed E-state index contributed by atoms with van der Waals surface area (Å²) in [6.07, 6.45) is 0. The third kappa shape index (κ3) is 4.32. The highest BCUT2D eigenvalue weighted by molar-refractivity contribution is 5.80. The van der Waals surface area contributed by atoms with Gasteiger partial charge in [0.25, 0.3) is 0 Å². The van der Waals surface area contributed by atoms with Crippen LogP contribution >= 0.6 is 0 Å². The first-order valence-electron chi connectivity index (χ1n) is 3.17. The first kappa shape index (κ1) is 12.1. The number of carbonyl (C=O) groups is 1. The van der Waals surface area contributed by atoms with Crippen molar-refractivity contribution in [2.24, 2.45) is 0 Å². The second-order valence-electron chi connectivity index (χ2n) is 1.89. The van der Waals surface area contributed by atoms with Crippen LogP contribution in [0.15, 0.2) is 0 Å². The summed E-state index contributed by atoms with van der Waals surface area (Å²) in [5.74, 6) is 0.0388. The third-order valence-corrected chi connectivity index (χ3v) is 1.15. The zero-order chi connectivity index (χ0) is 7.28. The van der Waals surface area contributed by atoms with Crippen molar-refractivity contribution < 1.29 is 4.79 Å². The summed E-state index contributed by atoms with van der Waals surface area (Å²) < 4.78 is 0. The van der Waals surface area contributed by atoms with E-state index < -0.39 is 0 Å². The molecule has 62 valence electrons. The van der Waals surface area contributed by atoms with Gasteiger partial charge in [0.15, 0.2) is 0 Å². The molecule has 0 radical (unpaired) electrons. The Bertz CT molecular complexity index is 93.6. The Morgan fingerprint density at radius 3 is 2.40 bits per heavy atom. The molecule has 1 amide bonds. The highest BCUT2D eigenvalue weighted by atomic mass is 16.2. The quantitative estimate of drug-likeness (QED) is 0.604. The number of amides is 1. The Kier molecular flexibility index (Phi) is 7.95. The van der Waals surface area contributed by atoms with Crippen molar-refractivity contribution in [2.45, 2.75) is 27.3 Å². The fraction of sp³-hybridized carbons (Fsp3) is 0.857. The van der Waals surface area contributed by atoms with Crippen LogP contribution in [0.25, 0.3) is 0 Å². The van der Waals surface area contributed by atoms with Gasteiger partial charge < -0.3 is 10.6 Å². The van der Waals surface area contributed by atoms with Gasteiger partial charge in [-0.25, -0.2) is 0 Å². The fourth-order valence-electron chi connectivity index (χ4n) is 0.615. The molecule has 0 heterocycles. The second kappa shape index (κ2) is 6.55. The van der Waals surface area contributed by atoms with E-state index in [0.29, 0.717) is 0 Å². The van der Waals surface area contributed by atoms with Gasteiger partial charge in [-0.3, -0.25) is 4.79 Å². The maximum Gasteiger partial charge on any atom is 0.236 e.